The first kappa shape index (κ1) is 13.1. The molecule has 4 heteroatoms. The molecule has 3 aromatic rings. The van der Waals surface area contributed by atoms with E-state index in [1.165, 1.54) is 33.3 Å². The number of nitrogens with zero attached hydrogens (tertiary/aromatic N) is 2. The summed E-state index contributed by atoms with van der Waals surface area (Å²) in [7, 11) is 0. The molecule has 23 heavy (non-hydrogen) atoms. The molecule has 0 bridgehead atoms. The summed E-state index contributed by atoms with van der Waals surface area (Å²) in [5, 5.41) is 4.80. The molecule has 0 radical (unpaired) electrons. The number of pyridine rings is 1. The van der Waals surface area contributed by atoms with Gasteiger partial charge >= 0.3 is 0 Å². The Bertz CT molecular complexity index is 870. The zero-order valence-electron chi connectivity index (χ0n) is 13.2. The predicted molar refractivity (Wildman–Crippen MR) is 93.8 cm³/mol. The monoisotopic (exact) mass is 304 g/mol. The first-order valence-electron chi connectivity index (χ1n) is 8.29. The number of H-pyrrole nitrogens is 1. The van der Waals surface area contributed by atoms with E-state index in [-0.39, 0.29) is 0 Å². The van der Waals surface area contributed by atoms with Gasteiger partial charge in [-0.2, -0.15) is 0 Å². The number of aromatic amines is 1. The average Bonchev–Trinajstić information content (AvgIpc) is 3.08. The number of benzene rings is 1. The molecule has 0 unspecified atom stereocenters. The van der Waals surface area contributed by atoms with Crippen LogP contribution in [0.4, 0.5) is 5.69 Å². The molecule has 116 valence electrons. The Kier molecular flexibility index (Phi) is 2.76. The summed E-state index contributed by atoms with van der Waals surface area (Å²) in [6.45, 7) is 5.56. The molecule has 0 spiro atoms. The second-order valence-corrected chi connectivity index (χ2v) is 6.84. The maximum Gasteiger partial charge on any atom is 0.0559 e. The second-order valence-electron chi connectivity index (χ2n) is 6.84. The average molecular weight is 304 g/mol. The van der Waals surface area contributed by atoms with Gasteiger partial charge in [0, 0.05) is 60.5 Å². The summed E-state index contributed by atoms with van der Waals surface area (Å²) in [5.41, 5.74) is 6.14. The van der Waals surface area contributed by atoms with Crippen molar-refractivity contribution in [2.24, 2.45) is 5.92 Å². The fraction of sp³-hybridized carbons (Fsp3) is 0.316. The number of fused-ring (bicyclic) bond motifs is 2. The summed E-state index contributed by atoms with van der Waals surface area (Å²) in [5.74, 6) is 0.817. The van der Waals surface area contributed by atoms with Crippen LogP contribution in [0.25, 0.3) is 22.0 Å². The van der Waals surface area contributed by atoms with Crippen LogP contribution in [-0.4, -0.2) is 35.6 Å². The molecule has 1 aromatic carbocycles. The van der Waals surface area contributed by atoms with Gasteiger partial charge < -0.3 is 15.2 Å². The molecule has 4 nitrogen and oxygen atoms in total. The van der Waals surface area contributed by atoms with Crippen LogP contribution < -0.4 is 10.2 Å². The van der Waals surface area contributed by atoms with Gasteiger partial charge in [0.1, 0.15) is 0 Å². The van der Waals surface area contributed by atoms with Crippen molar-refractivity contribution in [3.63, 3.8) is 0 Å². The fourth-order valence-corrected chi connectivity index (χ4v) is 3.86. The van der Waals surface area contributed by atoms with Gasteiger partial charge in [0.25, 0.3) is 0 Å². The van der Waals surface area contributed by atoms with Crippen molar-refractivity contribution in [3.05, 3.63) is 48.4 Å². The van der Waals surface area contributed by atoms with Crippen molar-refractivity contribution in [2.75, 3.05) is 24.5 Å². The summed E-state index contributed by atoms with van der Waals surface area (Å²) in [4.78, 5) is 10.3. The van der Waals surface area contributed by atoms with Gasteiger partial charge in [-0.25, -0.2) is 0 Å². The van der Waals surface area contributed by atoms with Gasteiger partial charge in [-0.3, -0.25) is 4.98 Å². The third-order valence-corrected chi connectivity index (χ3v) is 5.39. The van der Waals surface area contributed by atoms with E-state index in [1.54, 1.807) is 0 Å². The van der Waals surface area contributed by atoms with Crippen LogP contribution in [0.3, 0.4) is 0 Å². The summed E-state index contributed by atoms with van der Waals surface area (Å²) in [6.07, 6.45) is 6.03. The Morgan fingerprint density at radius 2 is 2.09 bits per heavy atom. The summed E-state index contributed by atoms with van der Waals surface area (Å²) in [6, 6.07) is 9.55. The minimum Gasteiger partial charge on any atom is -0.368 e. The Morgan fingerprint density at radius 3 is 2.87 bits per heavy atom. The van der Waals surface area contributed by atoms with Crippen molar-refractivity contribution >= 4 is 16.6 Å². The SMILES string of the molecule is Cc1c[nH]c2ccc(-c3cncc(N4C[C@H]5CN[C@@H]5C4)c3)cc12. The van der Waals surface area contributed by atoms with Crippen molar-refractivity contribution in [1.29, 1.82) is 0 Å². The van der Waals surface area contributed by atoms with Crippen LogP contribution in [0.2, 0.25) is 0 Å². The number of rotatable bonds is 2. The van der Waals surface area contributed by atoms with Crippen LogP contribution >= 0.6 is 0 Å². The second kappa shape index (κ2) is 4.83. The van der Waals surface area contributed by atoms with E-state index >= 15 is 0 Å². The van der Waals surface area contributed by atoms with E-state index in [1.807, 2.05) is 12.4 Å². The smallest absolute Gasteiger partial charge is 0.0559 e. The van der Waals surface area contributed by atoms with Crippen molar-refractivity contribution in [1.82, 2.24) is 15.3 Å². The van der Waals surface area contributed by atoms with E-state index < -0.39 is 0 Å². The third-order valence-electron chi connectivity index (χ3n) is 5.39. The highest BCUT2D eigenvalue weighted by molar-refractivity contribution is 5.88. The Morgan fingerprint density at radius 1 is 1.13 bits per heavy atom. The first-order valence-corrected chi connectivity index (χ1v) is 8.29. The number of hydrogen-bond acceptors (Lipinski definition) is 3. The number of anilines is 1. The molecule has 4 heterocycles. The topological polar surface area (TPSA) is 44.0 Å². The molecule has 0 saturated carbocycles. The van der Waals surface area contributed by atoms with Gasteiger partial charge in [-0.1, -0.05) is 6.07 Å². The molecule has 2 atom stereocenters. The number of aryl methyl sites for hydroxylation is 1. The molecular weight excluding hydrogens is 284 g/mol. The molecule has 0 amide bonds. The van der Waals surface area contributed by atoms with Gasteiger partial charge in [-0.05, 0) is 36.2 Å². The largest absolute Gasteiger partial charge is 0.368 e. The Hall–Kier alpha value is -2.33. The van der Waals surface area contributed by atoms with Crippen LogP contribution in [0.15, 0.2) is 42.9 Å². The maximum atomic E-state index is 4.50. The van der Waals surface area contributed by atoms with Gasteiger partial charge in [0.05, 0.1) is 11.9 Å². The molecular formula is C19H20N4. The van der Waals surface area contributed by atoms with Crippen molar-refractivity contribution in [3.8, 4) is 11.1 Å². The van der Waals surface area contributed by atoms with E-state index in [4.69, 9.17) is 0 Å². The molecule has 2 aliphatic rings. The van der Waals surface area contributed by atoms with Crippen molar-refractivity contribution < 1.29 is 0 Å². The van der Waals surface area contributed by atoms with E-state index in [0.717, 1.165) is 25.6 Å². The van der Waals surface area contributed by atoms with Gasteiger partial charge in [0.2, 0.25) is 0 Å². The highest BCUT2D eigenvalue weighted by atomic mass is 15.2. The lowest BCUT2D eigenvalue weighted by Crippen LogP contribution is -2.51. The van der Waals surface area contributed by atoms with Crippen LogP contribution in [0.1, 0.15) is 5.56 Å². The lowest BCUT2D eigenvalue weighted by molar-refractivity contribution is 0.297. The molecule has 2 aliphatic heterocycles. The van der Waals surface area contributed by atoms with Crippen LogP contribution in [-0.2, 0) is 0 Å². The standard InChI is InChI=1S/C19H20N4/c1-12-6-21-18-3-2-13(5-17(12)18)14-4-16(9-20-7-14)23-10-15-8-22-19(15)11-23/h2-7,9,15,19,21-22H,8,10-11H2,1H3/t15-,19-/m1/s1. The van der Waals surface area contributed by atoms with E-state index in [2.05, 4.69) is 57.6 Å². The number of hydrogen-bond donors (Lipinski definition) is 2. The van der Waals surface area contributed by atoms with Gasteiger partial charge in [-0.15, -0.1) is 0 Å². The lowest BCUT2D eigenvalue weighted by Gasteiger charge is -2.29. The summed E-state index contributed by atoms with van der Waals surface area (Å²) < 4.78 is 0. The van der Waals surface area contributed by atoms with Crippen molar-refractivity contribution in [2.45, 2.75) is 13.0 Å². The quantitative estimate of drug-likeness (QED) is 0.765. The van der Waals surface area contributed by atoms with Crippen LogP contribution in [0, 0.1) is 12.8 Å². The van der Waals surface area contributed by atoms with Crippen LogP contribution in [0.5, 0.6) is 0 Å². The fourth-order valence-electron chi connectivity index (χ4n) is 3.86. The highest BCUT2D eigenvalue weighted by Gasteiger charge is 2.39. The molecule has 2 aromatic heterocycles. The molecule has 0 aliphatic carbocycles. The summed E-state index contributed by atoms with van der Waals surface area (Å²) >= 11 is 0. The highest BCUT2D eigenvalue weighted by Crippen LogP contribution is 2.31. The van der Waals surface area contributed by atoms with E-state index in [0.29, 0.717) is 6.04 Å². The van der Waals surface area contributed by atoms with E-state index in [9.17, 15) is 0 Å². The molecule has 2 fully saturated rings. The Labute approximate surface area is 135 Å². The maximum absolute atomic E-state index is 4.50. The normalized spacial score (nSPS) is 23.1. The first-order chi connectivity index (χ1) is 11.3. The zero-order valence-corrected chi connectivity index (χ0v) is 13.2. The molecule has 2 N–H and O–H groups in total. The number of nitrogens with one attached hydrogen (secondary N) is 2. The molecule has 2 saturated heterocycles. The minimum atomic E-state index is 0.678. The Balaban J connectivity index is 1.52. The predicted octanol–water partition coefficient (Wildman–Crippen LogP) is 2.95. The van der Waals surface area contributed by atoms with Gasteiger partial charge in [0.15, 0.2) is 0 Å². The molecule has 5 rings (SSSR count). The third kappa shape index (κ3) is 2.05. The number of aromatic nitrogens is 2. The minimum absolute atomic E-state index is 0.678. The lowest BCUT2D eigenvalue weighted by atomic mass is 9.96. The zero-order chi connectivity index (χ0) is 15.4.